The van der Waals surface area contributed by atoms with E-state index in [0.29, 0.717) is 0 Å². The Labute approximate surface area is 128 Å². The van der Waals surface area contributed by atoms with Gasteiger partial charge in [-0.15, -0.1) is 0 Å². The molecule has 0 bridgehead atoms. The van der Waals surface area contributed by atoms with Crippen LogP contribution in [0.15, 0.2) is 23.8 Å². The molecule has 0 spiro atoms. The Morgan fingerprint density at radius 1 is 0.950 bits per heavy atom. The van der Waals surface area contributed by atoms with Crippen molar-refractivity contribution in [1.29, 1.82) is 0 Å². The van der Waals surface area contributed by atoms with Crippen LogP contribution in [0.3, 0.4) is 0 Å². The van der Waals surface area contributed by atoms with Crippen molar-refractivity contribution in [3.8, 4) is 0 Å². The lowest BCUT2D eigenvalue weighted by molar-refractivity contribution is 0.472. The second kappa shape index (κ2) is 14.9. The molecule has 0 fully saturated rings. The van der Waals surface area contributed by atoms with Crippen LogP contribution >= 0.6 is 0 Å². The van der Waals surface area contributed by atoms with Crippen LogP contribution in [-0.4, -0.2) is 0 Å². The standard InChI is InChI=1S/C20H38/c1-5-7-8-10-14-17-20(4)18-15-12-9-11-13-16-19(3)6-2/h10,14,17,19H,5-9,11-13,15-16,18H2,1-4H3. The minimum absolute atomic E-state index is 0.930. The van der Waals surface area contributed by atoms with Crippen LogP contribution < -0.4 is 0 Å². The Balaban J connectivity index is 3.40. The summed E-state index contributed by atoms with van der Waals surface area (Å²) in [6.07, 6.45) is 21.8. The molecule has 118 valence electrons. The molecule has 0 nitrogen and oxygen atoms in total. The Morgan fingerprint density at radius 3 is 2.35 bits per heavy atom. The van der Waals surface area contributed by atoms with Gasteiger partial charge >= 0.3 is 0 Å². The Hall–Kier alpha value is -0.520. The second-order valence-electron chi connectivity index (χ2n) is 6.40. The summed E-state index contributed by atoms with van der Waals surface area (Å²) in [6, 6.07) is 0. The quantitative estimate of drug-likeness (QED) is 0.242. The molecule has 0 saturated carbocycles. The molecule has 0 radical (unpaired) electrons. The summed E-state index contributed by atoms with van der Waals surface area (Å²) in [7, 11) is 0. The van der Waals surface area contributed by atoms with Gasteiger partial charge in [0.2, 0.25) is 0 Å². The van der Waals surface area contributed by atoms with Gasteiger partial charge in [0.25, 0.3) is 0 Å². The highest BCUT2D eigenvalue weighted by molar-refractivity contribution is 5.10. The number of hydrogen-bond acceptors (Lipinski definition) is 0. The molecule has 0 heterocycles. The minimum atomic E-state index is 0.930. The molecule has 20 heavy (non-hydrogen) atoms. The van der Waals surface area contributed by atoms with E-state index in [1.54, 1.807) is 0 Å². The number of unbranched alkanes of at least 4 members (excludes halogenated alkanes) is 6. The SMILES string of the molecule is CCCCC=CC=C(C)CCCCCCCC(C)CC. The third-order valence-electron chi connectivity index (χ3n) is 4.21. The van der Waals surface area contributed by atoms with Crippen LogP contribution in [0.5, 0.6) is 0 Å². The molecule has 0 aromatic carbocycles. The normalized spacial score (nSPS) is 14.1. The van der Waals surface area contributed by atoms with Gasteiger partial charge in [0.15, 0.2) is 0 Å². The van der Waals surface area contributed by atoms with Crippen LogP contribution in [0.1, 0.15) is 98.3 Å². The average molecular weight is 279 g/mol. The van der Waals surface area contributed by atoms with Crippen molar-refractivity contribution >= 4 is 0 Å². The molecule has 0 N–H and O–H groups in total. The number of rotatable bonds is 13. The van der Waals surface area contributed by atoms with E-state index < -0.39 is 0 Å². The molecular formula is C20H38. The van der Waals surface area contributed by atoms with Gasteiger partial charge in [-0.05, 0) is 32.1 Å². The highest BCUT2D eigenvalue weighted by atomic mass is 14.0. The predicted octanol–water partition coefficient (Wildman–Crippen LogP) is 7.46. The van der Waals surface area contributed by atoms with Gasteiger partial charge in [0.1, 0.15) is 0 Å². The van der Waals surface area contributed by atoms with E-state index in [1.807, 2.05) is 0 Å². The Morgan fingerprint density at radius 2 is 1.65 bits per heavy atom. The summed E-state index contributed by atoms with van der Waals surface area (Å²) >= 11 is 0. The van der Waals surface area contributed by atoms with Crippen LogP contribution in [0.2, 0.25) is 0 Å². The summed E-state index contributed by atoms with van der Waals surface area (Å²) in [5, 5.41) is 0. The fourth-order valence-electron chi connectivity index (χ4n) is 2.36. The molecule has 0 amide bonds. The van der Waals surface area contributed by atoms with Crippen molar-refractivity contribution in [3.05, 3.63) is 23.8 Å². The van der Waals surface area contributed by atoms with Crippen LogP contribution in [0, 0.1) is 5.92 Å². The summed E-state index contributed by atoms with van der Waals surface area (Å²) in [6.45, 7) is 9.20. The topological polar surface area (TPSA) is 0 Å². The Bertz CT molecular complexity index is 247. The van der Waals surface area contributed by atoms with E-state index in [2.05, 4.69) is 45.9 Å². The van der Waals surface area contributed by atoms with Gasteiger partial charge in [-0.3, -0.25) is 0 Å². The largest absolute Gasteiger partial charge is 0.0845 e. The summed E-state index contributed by atoms with van der Waals surface area (Å²) in [5.74, 6) is 0.930. The molecular weight excluding hydrogens is 240 g/mol. The third kappa shape index (κ3) is 13.9. The molecule has 0 rings (SSSR count). The van der Waals surface area contributed by atoms with Gasteiger partial charge in [0, 0.05) is 0 Å². The van der Waals surface area contributed by atoms with Crippen molar-refractivity contribution in [3.63, 3.8) is 0 Å². The average Bonchev–Trinajstić information content (AvgIpc) is 2.45. The first-order valence-corrected chi connectivity index (χ1v) is 9.03. The molecule has 1 unspecified atom stereocenters. The summed E-state index contributed by atoms with van der Waals surface area (Å²) < 4.78 is 0. The fourth-order valence-corrected chi connectivity index (χ4v) is 2.36. The van der Waals surface area contributed by atoms with E-state index >= 15 is 0 Å². The summed E-state index contributed by atoms with van der Waals surface area (Å²) in [5.41, 5.74) is 1.54. The lowest BCUT2D eigenvalue weighted by Gasteiger charge is -2.07. The van der Waals surface area contributed by atoms with E-state index in [-0.39, 0.29) is 0 Å². The minimum Gasteiger partial charge on any atom is -0.0845 e. The molecule has 0 heteroatoms. The zero-order valence-electron chi connectivity index (χ0n) is 14.6. The van der Waals surface area contributed by atoms with Gasteiger partial charge < -0.3 is 0 Å². The number of hydrogen-bond donors (Lipinski definition) is 0. The zero-order valence-corrected chi connectivity index (χ0v) is 14.6. The fraction of sp³-hybridized carbons (Fsp3) is 0.800. The van der Waals surface area contributed by atoms with Crippen LogP contribution in [0.4, 0.5) is 0 Å². The zero-order chi connectivity index (χ0) is 15.1. The molecule has 0 aliphatic rings. The van der Waals surface area contributed by atoms with E-state index in [4.69, 9.17) is 0 Å². The van der Waals surface area contributed by atoms with E-state index in [1.165, 1.54) is 76.2 Å². The number of allylic oxidation sites excluding steroid dienone is 4. The first kappa shape index (κ1) is 19.5. The monoisotopic (exact) mass is 278 g/mol. The predicted molar refractivity (Wildman–Crippen MR) is 94.2 cm³/mol. The van der Waals surface area contributed by atoms with Gasteiger partial charge in [0.05, 0.1) is 0 Å². The maximum atomic E-state index is 2.38. The van der Waals surface area contributed by atoms with Gasteiger partial charge in [-0.1, -0.05) is 95.9 Å². The first-order chi connectivity index (χ1) is 9.70. The van der Waals surface area contributed by atoms with Crippen LogP contribution in [-0.2, 0) is 0 Å². The van der Waals surface area contributed by atoms with E-state index in [9.17, 15) is 0 Å². The van der Waals surface area contributed by atoms with Crippen molar-refractivity contribution < 1.29 is 0 Å². The molecule has 0 aromatic heterocycles. The molecule has 0 aliphatic carbocycles. The summed E-state index contributed by atoms with van der Waals surface area (Å²) in [4.78, 5) is 0. The van der Waals surface area contributed by atoms with Crippen molar-refractivity contribution in [2.75, 3.05) is 0 Å². The Kier molecular flexibility index (Phi) is 14.5. The highest BCUT2D eigenvalue weighted by Crippen LogP contribution is 2.15. The molecule has 0 aromatic rings. The molecule has 0 saturated heterocycles. The van der Waals surface area contributed by atoms with Crippen molar-refractivity contribution in [2.24, 2.45) is 5.92 Å². The maximum absolute atomic E-state index is 2.38. The highest BCUT2D eigenvalue weighted by Gasteiger charge is 1.98. The van der Waals surface area contributed by atoms with E-state index in [0.717, 1.165) is 5.92 Å². The van der Waals surface area contributed by atoms with Gasteiger partial charge in [-0.2, -0.15) is 0 Å². The van der Waals surface area contributed by atoms with Crippen LogP contribution in [0.25, 0.3) is 0 Å². The third-order valence-corrected chi connectivity index (χ3v) is 4.21. The van der Waals surface area contributed by atoms with Crippen molar-refractivity contribution in [1.82, 2.24) is 0 Å². The second-order valence-corrected chi connectivity index (χ2v) is 6.40. The molecule has 1 atom stereocenters. The van der Waals surface area contributed by atoms with Gasteiger partial charge in [-0.25, -0.2) is 0 Å². The lowest BCUT2D eigenvalue weighted by Crippen LogP contribution is -1.91. The first-order valence-electron chi connectivity index (χ1n) is 9.03. The maximum Gasteiger partial charge on any atom is -0.0320 e. The molecule has 0 aliphatic heterocycles. The smallest absolute Gasteiger partial charge is 0.0320 e. The van der Waals surface area contributed by atoms with Crippen molar-refractivity contribution in [2.45, 2.75) is 98.3 Å². The lowest BCUT2D eigenvalue weighted by atomic mass is 9.99.